The minimum Gasteiger partial charge on any atom is -0.351 e. The third kappa shape index (κ3) is 2.37. The first-order chi connectivity index (χ1) is 9.56. The summed E-state index contributed by atoms with van der Waals surface area (Å²) in [5.74, 6) is 0.326. The van der Waals surface area contributed by atoms with Gasteiger partial charge in [0, 0.05) is 50.7 Å². The molecule has 0 radical (unpaired) electrons. The van der Waals surface area contributed by atoms with Crippen molar-refractivity contribution < 1.29 is 9.59 Å². The topological polar surface area (TPSA) is 69.9 Å². The number of piperazine rings is 1. The van der Waals surface area contributed by atoms with Crippen LogP contribution in [0.25, 0.3) is 0 Å². The van der Waals surface area contributed by atoms with Crippen LogP contribution in [-0.4, -0.2) is 70.9 Å². The van der Waals surface area contributed by atoms with Crippen LogP contribution in [0.1, 0.15) is 32.6 Å². The summed E-state index contributed by atoms with van der Waals surface area (Å²) in [7, 11) is 0. The zero-order chi connectivity index (χ0) is 14.3. The number of urea groups is 1. The van der Waals surface area contributed by atoms with Gasteiger partial charge in [0.05, 0.1) is 0 Å². The molecule has 3 aliphatic heterocycles. The smallest absolute Gasteiger partial charge is 0.315 e. The summed E-state index contributed by atoms with van der Waals surface area (Å²) in [6.07, 6.45) is 3.71. The molecule has 0 aromatic carbocycles. The molecule has 6 heteroatoms. The zero-order valence-corrected chi connectivity index (χ0v) is 12.1. The SMILES string of the molecule is CC1CC(N2CCN3C(=O)CC[C@H]3C2)CCN1C(N)=O. The number of rotatable bonds is 1. The highest BCUT2D eigenvalue weighted by Crippen LogP contribution is 2.28. The lowest BCUT2D eigenvalue weighted by Gasteiger charge is -2.46. The van der Waals surface area contributed by atoms with Gasteiger partial charge in [0.25, 0.3) is 0 Å². The molecule has 0 aliphatic carbocycles. The van der Waals surface area contributed by atoms with Crippen molar-refractivity contribution in [3.63, 3.8) is 0 Å². The van der Waals surface area contributed by atoms with E-state index in [2.05, 4.69) is 16.7 Å². The minimum atomic E-state index is -0.304. The van der Waals surface area contributed by atoms with E-state index in [4.69, 9.17) is 5.73 Å². The molecule has 0 aromatic heterocycles. The van der Waals surface area contributed by atoms with Gasteiger partial charge >= 0.3 is 6.03 Å². The predicted molar refractivity (Wildman–Crippen MR) is 75.1 cm³/mol. The number of primary amides is 1. The fourth-order valence-electron chi connectivity index (χ4n) is 4.03. The number of piperidine rings is 1. The van der Waals surface area contributed by atoms with Crippen LogP contribution in [0.5, 0.6) is 0 Å². The van der Waals surface area contributed by atoms with Crippen LogP contribution >= 0.6 is 0 Å². The second kappa shape index (κ2) is 5.24. The number of hydrogen-bond acceptors (Lipinski definition) is 3. The Kier molecular flexibility index (Phi) is 3.58. The average molecular weight is 280 g/mol. The molecule has 3 aliphatic rings. The summed E-state index contributed by atoms with van der Waals surface area (Å²) in [5, 5.41) is 0. The van der Waals surface area contributed by atoms with E-state index in [0.29, 0.717) is 18.0 Å². The van der Waals surface area contributed by atoms with Crippen LogP contribution in [0.2, 0.25) is 0 Å². The summed E-state index contributed by atoms with van der Waals surface area (Å²) in [6, 6.07) is 0.857. The molecule has 3 amide bonds. The molecule has 3 atom stereocenters. The third-order valence-corrected chi connectivity index (χ3v) is 5.17. The number of amides is 3. The van der Waals surface area contributed by atoms with Gasteiger partial charge in [0.15, 0.2) is 0 Å². The van der Waals surface area contributed by atoms with Gasteiger partial charge in [-0.15, -0.1) is 0 Å². The van der Waals surface area contributed by atoms with Crippen molar-refractivity contribution in [1.82, 2.24) is 14.7 Å². The maximum absolute atomic E-state index is 11.7. The normalized spacial score (nSPS) is 35.2. The predicted octanol–water partition coefficient (Wildman–Crippen LogP) is 0.225. The molecule has 112 valence electrons. The maximum Gasteiger partial charge on any atom is 0.315 e. The first kappa shape index (κ1) is 13.7. The number of carbonyl (C=O) groups is 2. The van der Waals surface area contributed by atoms with Crippen molar-refractivity contribution in [2.75, 3.05) is 26.2 Å². The molecule has 6 nitrogen and oxygen atoms in total. The van der Waals surface area contributed by atoms with Crippen LogP contribution in [0, 0.1) is 0 Å². The van der Waals surface area contributed by atoms with Gasteiger partial charge in [0.1, 0.15) is 0 Å². The molecule has 2 unspecified atom stereocenters. The van der Waals surface area contributed by atoms with Crippen molar-refractivity contribution in [3.8, 4) is 0 Å². The highest BCUT2D eigenvalue weighted by atomic mass is 16.2. The van der Waals surface area contributed by atoms with Gasteiger partial charge in [-0.3, -0.25) is 9.69 Å². The molecule has 0 saturated carbocycles. The number of nitrogens with two attached hydrogens (primary N) is 1. The Morgan fingerprint density at radius 2 is 2.00 bits per heavy atom. The summed E-state index contributed by atoms with van der Waals surface area (Å²) in [4.78, 5) is 29.4. The van der Waals surface area contributed by atoms with Crippen LogP contribution in [-0.2, 0) is 4.79 Å². The van der Waals surface area contributed by atoms with Gasteiger partial charge < -0.3 is 15.5 Å². The minimum absolute atomic E-state index is 0.217. The zero-order valence-electron chi connectivity index (χ0n) is 12.1. The van der Waals surface area contributed by atoms with E-state index in [1.165, 1.54) is 0 Å². The monoisotopic (exact) mass is 280 g/mol. The molecular weight excluding hydrogens is 256 g/mol. The largest absolute Gasteiger partial charge is 0.351 e. The van der Waals surface area contributed by atoms with Gasteiger partial charge in [-0.1, -0.05) is 0 Å². The summed E-state index contributed by atoms with van der Waals surface area (Å²) in [5.41, 5.74) is 5.40. The molecule has 0 bridgehead atoms. The van der Waals surface area contributed by atoms with Crippen molar-refractivity contribution in [3.05, 3.63) is 0 Å². The fourth-order valence-corrected chi connectivity index (χ4v) is 4.03. The van der Waals surface area contributed by atoms with E-state index in [0.717, 1.165) is 51.9 Å². The summed E-state index contributed by atoms with van der Waals surface area (Å²) >= 11 is 0. The molecule has 2 N–H and O–H groups in total. The van der Waals surface area contributed by atoms with E-state index in [9.17, 15) is 9.59 Å². The molecular formula is C14H24N4O2. The van der Waals surface area contributed by atoms with E-state index >= 15 is 0 Å². The molecule has 0 spiro atoms. The Bertz CT molecular complexity index is 414. The summed E-state index contributed by atoms with van der Waals surface area (Å²) < 4.78 is 0. The highest BCUT2D eigenvalue weighted by molar-refractivity contribution is 5.79. The Labute approximate surface area is 119 Å². The molecule has 0 aromatic rings. The van der Waals surface area contributed by atoms with E-state index in [-0.39, 0.29) is 12.1 Å². The van der Waals surface area contributed by atoms with E-state index in [1.807, 2.05) is 0 Å². The van der Waals surface area contributed by atoms with E-state index in [1.54, 1.807) is 4.90 Å². The van der Waals surface area contributed by atoms with Gasteiger partial charge in [-0.2, -0.15) is 0 Å². The Hall–Kier alpha value is -1.30. The average Bonchev–Trinajstić information content (AvgIpc) is 2.79. The standard InChI is InChI=1S/C14H24N4O2/c1-10-8-11(4-5-17(10)14(15)20)16-6-7-18-12(9-16)2-3-13(18)19/h10-12H,2-9H2,1H3,(H2,15,20)/t10?,11?,12-/m0/s1. The number of nitrogens with zero attached hydrogens (tertiary/aromatic N) is 3. The first-order valence-electron chi connectivity index (χ1n) is 7.66. The maximum atomic E-state index is 11.7. The molecule has 3 saturated heterocycles. The van der Waals surface area contributed by atoms with Crippen molar-refractivity contribution in [1.29, 1.82) is 0 Å². The lowest BCUT2D eigenvalue weighted by Crippen LogP contribution is -2.58. The fraction of sp³-hybridized carbons (Fsp3) is 0.857. The van der Waals surface area contributed by atoms with Crippen LogP contribution in [0.4, 0.5) is 4.79 Å². The van der Waals surface area contributed by atoms with Crippen molar-refractivity contribution in [2.45, 2.75) is 50.7 Å². The van der Waals surface area contributed by atoms with Crippen molar-refractivity contribution >= 4 is 11.9 Å². The third-order valence-electron chi connectivity index (χ3n) is 5.17. The van der Waals surface area contributed by atoms with Crippen LogP contribution < -0.4 is 5.73 Å². The van der Waals surface area contributed by atoms with Gasteiger partial charge in [0.2, 0.25) is 5.91 Å². The van der Waals surface area contributed by atoms with Crippen molar-refractivity contribution in [2.24, 2.45) is 5.73 Å². The number of likely N-dealkylation sites (tertiary alicyclic amines) is 1. The number of carbonyl (C=O) groups excluding carboxylic acids is 2. The highest BCUT2D eigenvalue weighted by Gasteiger charge is 2.39. The number of fused-ring (bicyclic) bond motifs is 1. The first-order valence-corrected chi connectivity index (χ1v) is 7.66. The lowest BCUT2D eigenvalue weighted by atomic mass is 9.95. The molecule has 20 heavy (non-hydrogen) atoms. The number of hydrogen-bond donors (Lipinski definition) is 1. The second-order valence-corrected chi connectivity index (χ2v) is 6.33. The Morgan fingerprint density at radius 3 is 2.70 bits per heavy atom. The molecule has 3 heterocycles. The van der Waals surface area contributed by atoms with Crippen LogP contribution in [0.3, 0.4) is 0 Å². The van der Waals surface area contributed by atoms with Gasteiger partial charge in [-0.25, -0.2) is 4.79 Å². The Balaban J connectivity index is 1.59. The molecule has 3 fully saturated rings. The van der Waals surface area contributed by atoms with E-state index < -0.39 is 0 Å². The van der Waals surface area contributed by atoms with Gasteiger partial charge in [-0.05, 0) is 26.2 Å². The Morgan fingerprint density at radius 1 is 1.20 bits per heavy atom. The van der Waals surface area contributed by atoms with Crippen LogP contribution in [0.15, 0.2) is 0 Å². The second-order valence-electron chi connectivity index (χ2n) is 6.33. The summed E-state index contributed by atoms with van der Waals surface area (Å²) in [6.45, 7) is 5.67. The lowest BCUT2D eigenvalue weighted by molar-refractivity contribution is -0.131. The molecule has 3 rings (SSSR count). The quantitative estimate of drug-likeness (QED) is 0.747.